The minimum Gasteiger partial charge on any atom is -0.508 e. The SMILES string of the molecule is Cc1ccncc1CC(=O)NC1CCCN(C(=O)c2cccc(O)c2)CC1. The normalized spacial score (nSPS) is 17.2. The molecule has 1 fully saturated rings. The first kappa shape index (κ1) is 18.9. The second-order valence-corrected chi connectivity index (χ2v) is 7.02. The van der Waals surface area contributed by atoms with Crippen LogP contribution in [0, 0.1) is 6.92 Å². The minimum atomic E-state index is -0.0798. The molecule has 1 aliphatic rings. The fraction of sp³-hybridized carbons (Fsp3) is 0.381. The number of hydrogen-bond acceptors (Lipinski definition) is 4. The molecule has 1 unspecified atom stereocenters. The Balaban J connectivity index is 1.54. The highest BCUT2D eigenvalue weighted by Crippen LogP contribution is 2.17. The van der Waals surface area contributed by atoms with Crippen molar-refractivity contribution in [2.24, 2.45) is 0 Å². The molecule has 1 aliphatic heterocycles. The van der Waals surface area contributed by atoms with Gasteiger partial charge in [0.05, 0.1) is 6.42 Å². The molecular formula is C21H25N3O3. The van der Waals surface area contributed by atoms with Crippen molar-refractivity contribution in [1.82, 2.24) is 15.2 Å². The minimum absolute atomic E-state index is 0.0103. The molecule has 2 aromatic rings. The van der Waals surface area contributed by atoms with E-state index in [1.807, 2.05) is 13.0 Å². The van der Waals surface area contributed by atoms with Gasteiger partial charge in [-0.1, -0.05) is 6.07 Å². The van der Waals surface area contributed by atoms with Gasteiger partial charge in [0.2, 0.25) is 5.91 Å². The Bertz CT molecular complexity index is 822. The van der Waals surface area contributed by atoms with E-state index in [1.165, 1.54) is 6.07 Å². The van der Waals surface area contributed by atoms with Crippen molar-refractivity contribution < 1.29 is 14.7 Å². The van der Waals surface area contributed by atoms with Crippen molar-refractivity contribution in [3.8, 4) is 5.75 Å². The van der Waals surface area contributed by atoms with Crippen molar-refractivity contribution in [3.05, 3.63) is 59.4 Å². The van der Waals surface area contributed by atoms with Crippen LogP contribution in [0.25, 0.3) is 0 Å². The van der Waals surface area contributed by atoms with Crippen molar-refractivity contribution in [2.45, 2.75) is 38.6 Å². The average molecular weight is 367 g/mol. The van der Waals surface area contributed by atoms with Crippen molar-refractivity contribution >= 4 is 11.8 Å². The highest BCUT2D eigenvalue weighted by Gasteiger charge is 2.23. The number of carbonyl (C=O) groups is 2. The second kappa shape index (κ2) is 8.66. The number of phenolic OH excluding ortho intramolecular Hbond substituents is 1. The van der Waals surface area contributed by atoms with Crippen LogP contribution in [0.3, 0.4) is 0 Å². The molecular weight excluding hydrogens is 342 g/mol. The monoisotopic (exact) mass is 367 g/mol. The highest BCUT2D eigenvalue weighted by molar-refractivity contribution is 5.94. The first-order valence-electron chi connectivity index (χ1n) is 9.30. The van der Waals surface area contributed by atoms with Crippen LogP contribution < -0.4 is 5.32 Å². The predicted molar refractivity (Wildman–Crippen MR) is 102 cm³/mol. The molecule has 2 heterocycles. The standard InChI is InChI=1S/C21H25N3O3/c1-15-7-9-22-14-17(15)13-20(26)23-18-5-3-10-24(11-8-18)21(27)16-4-2-6-19(25)12-16/h2,4,6-7,9,12,14,18,25H,3,5,8,10-11,13H2,1H3,(H,23,26). The highest BCUT2D eigenvalue weighted by atomic mass is 16.3. The van der Waals surface area contributed by atoms with Crippen LogP contribution in [0.2, 0.25) is 0 Å². The number of aromatic nitrogens is 1. The first-order valence-corrected chi connectivity index (χ1v) is 9.30. The third-order valence-corrected chi connectivity index (χ3v) is 4.97. The van der Waals surface area contributed by atoms with E-state index < -0.39 is 0 Å². The van der Waals surface area contributed by atoms with Crippen LogP contribution in [0.5, 0.6) is 5.75 Å². The van der Waals surface area contributed by atoms with E-state index >= 15 is 0 Å². The van der Waals surface area contributed by atoms with Gasteiger partial charge in [0, 0.05) is 37.1 Å². The van der Waals surface area contributed by atoms with Gasteiger partial charge in [0.25, 0.3) is 5.91 Å². The summed E-state index contributed by atoms with van der Waals surface area (Å²) in [5.41, 5.74) is 2.48. The topological polar surface area (TPSA) is 82.5 Å². The number of carbonyl (C=O) groups excluding carboxylic acids is 2. The van der Waals surface area contributed by atoms with Crippen LogP contribution in [0.1, 0.15) is 40.7 Å². The molecule has 1 aromatic heterocycles. The number of aromatic hydroxyl groups is 1. The Morgan fingerprint density at radius 2 is 2.11 bits per heavy atom. The zero-order valence-corrected chi connectivity index (χ0v) is 15.5. The second-order valence-electron chi connectivity index (χ2n) is 7.02. The third kappa shape index (κ3) is 5.06. The van der Waals surface area contributed by atoms with E-state index in [9.17, 15) is 14.7 Å². The van der Waals surface area contributed by atoms with Crippen LogP contribution in [0.4, 0.5) is 0 Å². The summed E-state index contributed by atoms with van der Waals surface area (Å²) < 4.78 is 0. The maximum atomic E-state index is 12.6. The molecule has 1 aromatic carbocycles. The zero-order chi connectivity index (χ0) is 19.2. The summed E-state index contributed by atoms with van der Waals surface area (Å²) in [5.74, 6) is -0.000716. The lowest BCUT2D eigenvalue weighted by Gasteiger charge is -2.21. The van der Waals surface area contributed by atoms with Crippen LogP contribution in [0.15, 0.2) is 42.7 Å². The molecule has 0 spiro atoms. The zero-order valence-electron chi connectivity index (χ0n) is 15.5. The predicted octanol–water partition coefficient (Wildman–Crippen LogP) is 2.45. The summed E-state index contributed by atoms with van der Waals surface area (Å²) in [5, 5.41) is 12.7. The number of aryl methyl sites for hydroxylation is 1. The summed E-state index contributed by atoms with van der Waals surface area (Å²) in [6, 6.07) is 8.39. The lowest BCUT2D eigenvalue weighted by Crippen LogP contribution is -2.37. The lowest BCUT2D eigenvalue weighted by atomic mass is 10.1. The number of hydrogen-bond donors (Lipinski definition) is 2. The molecule has 6 nitrogen and oxygen atoms in total. The molecule has 1 saturated heterocycles. The van der Waals surface area contributed by atoms with E-state index in [2.05, 4.69) is 10.3 Å². The summed E-state index contributed by atoms with van der Waals surface area (Å²) in [4.78, 5) is 30.9. The average Bonchev–Trinajstić information content (AvgIpc) is 2.88. The van der Waals surface area contributed by atoms with E-state index in [1.54, 1.807) is 35.5 Å². The Labute approximate surface area is 159 Å². The molecule has 3 rings (SSSR count). The quantitative estimate of drug-likeness (QED) is 0.870. The van der Waals surface area contributed by atoms with Crippen LogP contribution in [-0.4, -0.2) is 45.9 Å². The van der Waals surface area contributed by atoms with Gasteiger partial charge >= 0.3 is 0 Å². The van der Waals surface area contributed by atoms with Gasteiger partial charge in [-0.15, -0.1) is 0 Å². The van der Waals surface area contributed by atoms with Crippen molar-refractivity contribution in [2.75, 3.05) is 13.1 Å². The first-order chi connectivity index (χ1) is 13.0. The number of nitrogens with one attached hydrogen (secondary N) is 1. The maximum absolute atomic E-state index is 12.6. The molecule has 0 saturated carbocycles. The summed E-state index contributed by atoms with van der Waals surface area (Å²) in [6.45, 7) is 3.22. The number of amides is 2. The fourth-order valence-electron chi connectivity index (χ4n) is 3.40. The third-order valence-electron chi connectivity index (χ3n) is 4.97. The largest absolute Gasteiger partial charge is 0.508 e. The number of rotatable bonds is 4. The van der Waals surface area contributed by atoms with E-state index in [-0.39, 0.29) is 23.6 Å². The molecule has 142 valence electrons. The van der Waals surface area contributed by atoms with Gasteiger partial charge in [-0.25, -0.2) is 0 Å². The van der Waals surface area contributed by atoms with Crippen LogP contribution in [-0.2, 0) is 11.2 Å². The maximum Gasteiger partial charge on any atom is 0.253 e. The van der Waals surface area contributed by atoms with Gasteiger partial charge in [0.1, 0.15) is 5.75 Å². The van der Waals surface area contributed by atoms with Gasteiger partial charge < -0.3 is 15.3 Å². The lowest BCUT2D eigenvalue weighted by molar-refractivity contribution is -0.121. The van der Waals surface area contributed by atoms with E-state index in [0.717, 1.165) is 30.4 Å². The van der Waals surface area contributed by atoms with Gasteiger partial charge in [-0.2, -0.15) is 0 Å². The van der Waals surface area contributed by atoms with E-state index in [4.69, 9.17) is 0 Å². The summed E-state index contributed by atoms with van der Waals surface area (Å²) in [7, 11) is 0. The molecule has 2 amide bonds. The van der Waals surface area contributed by atoms with Crippen molar-refractivity contribution in [1.29, 1.82) is 0 Å². The number of likely N-dealkylation sites (tertiary alicyclic amines) is 1. The number of nitrogens with zero attached hydrogens (tertiary/aromatic N) is 2. The number of pyridine rings is 1. The van der Waals surface area contributed by atoms with Crippen molar-refractivity contribution in [3.63, 3.8) is 0 Å². The van der Waals surface area contributed by atoms with Gasteiger partial charge in [-0.3, -0.25) is 14.6 Å². The summed E-state index contributed by atoms with van der Waals surface area (Å²) in [6.07, 6.45) is 6.19. The Kier molecular flexibility index (Phi) is 6.06. The van der Waals surface area contributed by atoms with Crippen LogP contribution >= 0.6 is 0 Å². The molecule has 6 heteroatoms. The number of phenols is 1. The molecule has 1 atom stereocenters. The smallest absolute Gasteiger partial charge is 0.253 e. The summed E-state index contributed by atoms with van der Waals surface area (Å²) >= 11 is 0. The fourth-order valence-corrected chi connectivity index (χ4v) is 3.40. The molecule has 27 heavy (non-hydrogen) atoms. The Morgan fingerprint density at radius 1 is 1.26 bits per heavy atom. The Morgan fingerprint density at radius 3 is 2.89 bits per heavy atom. The van der Waals surface area contributed by atoms with Gasteiger partial charge in [0.15, 0.2) is 0 Å². The molecule has 0 bridgehead atoms. The number of benzene rings is 1. The Hall–Kier alpha value is -2.89. The molecule has 2 N–H and O–H groups in total. The molecule has 0 aliphatic carbocycles. The van der Waals surface area contributed by atoms with Gasteiger partial charge in [-0.05, 0) is 61.6 Å². The molecule has 0 radical (unpaired) electrons. The van der Waals surface area contributed by atoms with E-state index in [0.29, 0.717) is 25.1 Å².